The molecule has 1 aromatic carbocycles. The molecule has 0 spiro atoms. The molecule has 0 saturated carbocycles. The fourth-order valence-corrected chi connectivity index (χ4v) is 2.34. The molecule has 0 unspecified atom stereocenters. The Morgan fingerprint density at radius 1 is 1.20 bits per heavy atom. The van der Waals surface area contributed by atoms with Crippen LogP contribution in [0.1, 0.15) is 44.6 Å². The summed E-state index contributed by atoms with van der Waals surface area (Å²) in [5.74, 6) is 0.208. The minimum atomic E-state index is 0.208. The largest absolute Gasteiger partial charge is 0.339 e. The summed E-state index contributed by atoms with van der Waals surface area (Å²) in [5, 5.41) is 0.724. The molecule has 0 heterocycles. The van der Waals surface area contributed by atoms with Crippen LogP contribution in [-0.2, 0) is 11.3 Å². The van der Waals surface area contributed by atoms with E-state index in [0.717, 1.165) is 42.8 Å². The Morgan fingerprint density at radius 3 is 2.55 bits per heavy atom. The fourth-order valence-electron chi connectivity index (χ4n) is 2.14. The lowest BCUT2D eigenvalue weighted by molar-refractivity contribution is -0.131. The van der Waals surface area contributed by atoms with Crippen molar-refractivity contribution in [1.29, 1.82) is 0 Å². The summed E-state index contributed by atoms with van der Waals surface area (Å²) >= 11 is 6.14. The van der Waals surface area contributed by atoms with E-state index in [2.05, 4.69) is 0 Å². The molecule has 0 saturated heterocycles. The Morgan fingerprint density at radius 2 is 1.90 bits per heavy atom. The highest BCUT2D eigenvalue weighted by molar-refractivity contribution is 6.31. The lowest BCUT2D eigenvalue weighted by Gasteiger charge is -2.21. The van der Waals surface area contributed by atoms with Crippen LogP contribution in [0.3, 0.4) is 0 Å². The lowest BCUT2D eigenvalue weighted by Crippen LogP contribution is -2.30. The Balaban J connectivity index is 2.41. The van der Waals surface area contributed by atoms with E-state index in [4.69, 9.17) is 17.3 Å². The molecule has 1 rings (SSSR count). The van der Waals surface area contributed by atoms with Crippen molar-refractivity contribution in [2.45, 2.75) is 45.6 Å². The van der Waals surface area contributed by atoms with Crippen LogP contribution in [-0.4, -0.2) is 23.9 Å². The number of nitrogens with zero attached hydrogens (tertiary/aromatic N) is 1. The number of carbonyl (C=O) groups excluding carboxylic acids is 1. The van der Waals surface area contributed by atoms with Gasteiger partial charge in [0.1, 0.15) is 0 Å². The molecule has 0 aliphatic rings. The first kappa shape index (κ1) is 17.0. The normalized spacial score (nSPS) is 10.6. The van der Waals surface area contributed by atoms with Gasteiger partial charge in [-0.3, -0.25) is 4.79 Å². The van der Waals surface area contributed by atoms with Crippen LogP contribution in [0.25, 0.3) is 0 Å². The first-order chi connectivity index (χ1) is 9.69. The van der Waals surface area contributed by atoms with Gasteiger partial charge in [0.25, 0.3) is 0 Å². The maximum atomic E-state index is 12.2. The molecule has 0 aromatic heterocycles. The number of halogens is 1. The summed E-state index contributed by atoms with van der Waals surface area (Å²) in [7, 11) is 0. The van der Waals surface area contributed by atoms with Crippen LogP contribution in [0.15, 0.2) is 24.3 Å². The Hall–Kier alpha value is -1.06. The molecule has 1 amide bonds. The number of hydrogen-bond donors (Lipinski definition) is 1. The molecule has 0 fully saturated rings. The Bertz CT molecular complexity index is 409. The number of nitrogens with two attached hydrogens (primary N) is 1. The standard InChI is InChI=1S/C16H25ClN2O/c1-2-19(13-14-9-6-7-10-15(14)17)16(20)11-5-3-4-8-12-18/h6-7,9-10H,2-5,8,11-13,18H2,1H3. The highest BCUT2D eigenvalue weighted by Gasteiger charge is 2.12. The van der Waals surface area contributed by atoms with E-state index in [1.807, 2.05) is 36.1 Å². The predicted molar refractivity (Wildman–Crippen MR) is 84.7 cm³/mol. The summed E-state index contributed by atoms with van der Waals surface area (Å²) in [4.78, 5) is 14.0. The summed E-state index contributed by atoms with van der Waals surface area (Å²) in [6.07, 6.45) is 4.79. The van der Waals surface area contributed by atoms with E-state index in [1.54, 1.807) is 0 Å². The van der Waals surface area contributed by atoms with Crippen molar-refractivity contribution in [3.63, 3.8) is 0 Å². The maximum absolute atomic E-state index is 12.2. The van der Waals surface area contributed by atoms with Gasteiger partial charge in [0.15, 0.2) is 0 Å². The van der Waals surface area contributed by atoms with Gasteiger partial charge >= 0.3 is 0 Å². The molecule has 4 heteroatoms. The van der Waals surface area contributed by atoms with E-state index in [-0.39, 0.29) is 5.91 Å². The topological polar surface area (TPSA) is 46.3 Å². The molecule has 0 aliphatic heterocycles. The van der Waals surface area contributed by atoms with Crippen LogP contribution < -0.4 is 5.73 Å². The minimum absolute atomic E-state index is 0.208. The number of amides is 1. The highest BCUT2D eigenvalue weighted by atomic mass is 35.5. The average Bonchev–Trinajstić information content (AvgIpc) is 2.46. The third-order valence-corrected chi connectivity index (χ3v) is 3.77. The fraction of sp³-hybridized carbons (Fsp3) is 0.562. The van der Waals surface area contributed by atoms with Crippen molar-refractivity contribution < 1.29 is 4.79 Å². The summed E-state index contributed by atoms with van der Waals surface area (Å²) in [6.45, 7) is 4.05. The molecular weight excluding hydrogens is 272 g/mol. The van der Waals surface area contributed by atoms with Crippen molar-refractivity contribution in [2.75, 3.05) is 13.1 Å². The molecule has 3 nitrogen and oxygen atoms in total. The minimum Gasteiger partial charge on any atom is -0.339 e. The van der Waals surface area contributed by atoms with Gasteiger partial charge < -0.3 is 10.6 Å². The van der Waals surface area contributed by atoms with Gasteiger partial charge in [-0.15, -0.1) is 0 Å². The van der Waals surface area contributed by atoms with Gasteiger partial charge in [-0.05, 0) is 37.9 Å². The van der Waals surface area contributed by atoms with Crippen molar-refractivity contribution in [1.82, 2.24) is 4.90 Å². The van der Waals surface area contributed by atoms with Crippen LogP contribution >= 0.6 is 11.6 Å². The molecule has 20 heavy (non-hydrogen) atoms. The number of rotatable bonds is 9. The summed E-state index contributed by atoms with van der Waals surface area (Å²) in [5.41, 5.74) is 6.46. The second kappa shape index (κ2) is 9.78. The van der Waals surface area contributed by atoms with Crippen LogP contribution in [0, 0.1) is 0 Å². The zero-order valence-corrected chi connectivity index (χ0v) is 13.0. The average molecular weight is 297 g/mol. The van der Waals surface area contributed by atoms with E-state index >= 15 is 0 Å². The van der Waals surface area contributed by atoms with E-state index in [1.165, 1.54) is 0 Å². The molecule has 1 aromatic rings. The van der Waals surface area contributed by atoms with Gasteiger partial charge in [-0.2, -0.15) is 0 Å². The molecule has 0 atom stereocenters. The third-order valence-electron chi connectivity index (χ3n) is 3.40. The smallest absolute Gasteiger partial charge is 0.222 e. The molecule has 2 N–H and O–H groups in total. The van der Waals surface area contributed by atoms with Crippen molar-refractivity contribution in [2.24, 2.45) is 5.73 Å². The SMILES string of the molecule is CCN(Cc1ccccc1Cl)C(=O)CCCCCCN. The Kier molecular flexibility index (Phi) is 8.31. The molecule has 0 aliphatic carbocycles. The van der Waals surface area contributed by atoms with Gasteiger partial charge in [0, 0.05) is 24.5 Å². The van der Waals surface area contributed by atoms with Gasteiger partial charge in [0.2, 0.25) is 5.91 Å². The molecular formula is C16H25ClN2O. The predicted octanol–water partition coefficient (Wildman–Crippen LogP) is 3.60. The first-order valence-corrected chi connectivity index (χ1v) is 7.78. The zero-order chi connectivity index (χ0) is 14.8. The first-order valence-electron chi connectivity index (χ1n) is 7.40. The molecule has 0 bridgehead atoms. The number of hydrogen-bond acceptors (Lipinski definition) is 2. The number of unbranched alkanes of at least 4 members (excludes halogenated alkanes) is 3. The third kappa shape index (κ3) is 5.93. The van der Waals surface area contributed by atoms with Crippen LogP contribution in [0.2, 0.25) is 5.02 Å². The van der Waals surface area contributed by atoms with E-state index in [9.17, 15) is 4.79 Å². The second-order valence-electron chi connectivity index (χ2n) is 4.95. The van der Waals surface area contributed by atoms with Crippen molar-refractivity contribution in [3.8, 4) is 0 Å². The molecule has 0 radical (unpaired) electrons. The Labute approximate surface area is 127 Å². The monoisotopic (exact) mass is 296 g/mol. The zero-order valence-electron chi connectivity index (χ0n) is 12.3. The quantitative estimate of drug-likeness (QED) is 0.708. The summed E-state index contributed by atoms with van der Waals surface area (Å²) in [6, 6.07) is 7.69. The van der Waals surface area contributed by atoms with E-state index in [0.29, 0.717) is 19.5 Å². The highest BCUT2D eigenvalue weighted by Crippen LogP contribution is 2.17. The maximum Gasteiger partial charge on any atom is 0.222 e. The lowest BCUT2D eigenvalue weighted by atomic mass is 10.1. The number of benzene rings is 1. The number of carbonyl (C=O) groups is 1. The van der Waals surface area contributed by atoms with Gasteiger partial charge in [-0.1, -0.05) is 42.6 Å². The van der Waals surface area contributed by atoms with E-state index < -0.39 is 0 Å². The van der Waals surface area contributed by atoms with Crippen molar-refractivity contribution >= 4 is 17.5 Å². The van der Waals surface area contributed by atoms with Crippen LogP contribution in [0.5, 0.6) is 0 Å². The van der Waals surface area contributed by atoms with Crippen LogP contribution in [0.4, 0.5) is 0 Å². The molecule has 112 valence electrons. The van der Waals surface area contributed by atoms with Gasteiger partial charge in [0.05, 0.1) is 0 Å². The van der Waals surface area contributed by atoms with Gasteiger partial charge in [-0.25, -0.2) is 0 Å². The van der Waals surface area contributed by atoms with Crippen molar-refractivity contribution in [3.05, 3.63) is 34.9 Å². The second-order valence-corrected chi connectivity index (χ2v) is 5.36. The summed E-state index contributed by atoms with van der Waals surface area (Å²) < 4.78 is 0.